The van der Waals surface area contributed by atoms with Crippen molar-refractivity contribution < 1.29 is 23.8 Å². The Morgan fingerprint density at radius 3 is 2.36 bits per heavy atom. The van der Waals surface area contributed by atoms with Gasteiger partial charge in [0, 0.05) is 62.0 Å². The molecule has 2 amide bonds. The zero-order valence-electron chi connectivity index (χ0n) is 24.5. The summed E-state index contributed by atoms with van der Waals surface area (Å²) < 4.78 is 18.0. The molecule has 1 saturated carbocycles. The predicted octanol–water partition coefficient (Wildman–Crippen LogP) is 3.03. The number of nitrogens with one attached hydrogen (secondary N) is 1. The molecule has 11 nitrogen and oxygen atoms in total. The van der Waals surface area contributed by atoms with Crippen LogP contribution >= 0.6 is 0 Å². The van der Waals surface area contributed by atoms with E-state index in [2.05, 4.69) is 25.2 Å². The van der Waals surface area contributed by atoms with E-state index in [1.54, 1.807) is 31.0 Å². The molecular formula is C31H40N6O5. The molecule has 2 aliphatic heterocycles. The Kier molecular flexibility index (Phi) is 8.57. The van der Waals surface area contributed by atoms with Gasteiger partial charge < -0.3 is 24.4 Å². The van der Waals surface area contributed by atoms with Crippen molar-refractivity contribution >= 4 is 17.5 Å². The number of aromatic nitrogens is 3. The number of carbonyl (C=O) groups is 2. The van der Waals surface area contributed by atoms with Crippen molar-refractivity contribution in [3.63, 3.8) is 0 Å². The summed E-state index contributed by atoms with van der Waals surface area (Å²) in [5, 5.41) is 7.75. The predicted molar refractivity (Wildman–Crippen MR) is 157 cm³/mol. The lowest BCUT2D eigenvalue weighted by atomic mass is 9.84. The number of nitrogens with zero attached hydrogens (tertiary/aromatic N) is 5. The molecule has 3 aliphatic rings. The Morgan fingerprint density at radius 2 is 1.64 bits per heavy atom. The number of morpholine rings is 1. The maximum absolute atomic E-state index is 13.3. The van der Waals surface area contributed by atoms with Gasteiger partial charge >= 0.3 is 0 Å². The summed E-state index contributed by atoms with van der Waals surface area (Å²) >= 11 is 0. The summed E-state index contributed by atoms with van der Waals surface area (Å²) in [6, 6.07) is 9.78. The van der Waals surface area contributed by atoms with Crippen LogP contribution in [0.4, 0.5) is 0 Å². The van der Waals surface area contributed by atoms with E-state index in [4.69, 9.17) is 14.2 Å². The van der Waals surface area contributed by atoms with Crippen LogP contribution in [0.1, 0.15) is 49.0 Å². The number of methoxy groups -OCH3 is 2. The Labute approximate surface area is 246 Å². The van der Waals surface area contributed by atoms with E-state index < -0.39 is 0 Å². The van der Waals surface area contributed by atoms with E-state index in [0.29, 0.717) is 28.9 Å². The molecule has 0 radical (unpaired) electrons. The maximum atomic E-state index is 13.3. The molecule has 224 valence electrons. The van der Waals surface area contributed by atoms with Gasteiger partial charge in [0.05, 0.1) is 33.1 Å². The highest BCUT2D eigenvalue weighted by Gasteiger charge is 2.33. The van der Waals surface area contributed by atoms with E-state index >= 15 is 0 Å². The van der Waals surface area contributed by atoms with Crippen LogP contribution < -0.4 is 14.8 Å². The number of rotatable bonds is 7. The number of likely N-dealkylation sites (tertiary alicyclic amines) is 1. The van der Waals surface area contributed by atoms with Gasteiger partial charge in [-0.3, -0.25) is 14.5 Å². The van der Waals surface area contributed by atoms with E-state index in [9.17, 15) is 9.59 Å². The van der Waals surface area contributed by atoms with Crippen LogP contribution in [-0.2, 0) is 9.53 Å². The number of hydrogen-bond donors (Lipinski definition) is 1. The highest BCUT2D eigenvalue weighted by atomic mass is 16.5. The molecule has 1 aromatic carbocycles. The minimum absolute atomic E-state index is 0.0247. The van der Waals surface area contributed by atoms with Crippen molar-refractivity contribution in [3.8, 4) is 22.8 Å². The third kappa shape index (κ3) is 5.94. The van der Waals surface area contributed by atoms with Crippen molar-refractivity contribution in [1.82, 2.24) is 29.7 Å². The molecule has 1 aliphatic carbocycles. The number of piperidine rings is 1. The molecule has 0 unspecified atom stereocenters. The molecule has 3 fully saturated rings. The minimum Gasteiger partial charge on any atom is -0.493 e. The number of benzene rings is 1. The van der Waals surface area contributed by atoms with E-state index in [1.807, 2.05) is 24.3 Å². The molecule has 4 heterocycles. The Balaban J connectivity index is 1.03. The first kappa shape index (κ1) is 28.4. The van der Waals surface area contributed by atoms with Gasteiger partial charge in [-0.05, 0) is 62.8 Å². The summed E-state index contributed by atoms with van der Waals surface area (Å²) in [7, 11) is 3.19. The van der Waals surface area contributed by atoms with Crippen LogP contribution in [0.15, 0.2) is 36.5 Å². The van der Waals surface area contributed by atoms with Gasteiger partial charge in [-0.1, -0.05) is 0 Å². The Bertz CT molecular complexity index is 1400. The van der Waals surface area contributed by atoms with Gasteiger partial charge in [0.2, 0.25) is 5.91 Å². The first-order valence-electron chi connectivity index (χ1n) is 15.0. The van der Waals surface area contributed by atoms with Crippen molar-refractivity contribution in [3.05, 3.63) is 42.2 Å². The van der Waals surface area contributed by atoms with Crippen LogP contribution in [0, 0.1) is 5.92 Å². The lowest BCUT2D eigenvalue weighted by Gasteiger charge is -2.41. The quantitative estimate of drug-likeness (QED) is 0.457. The molecule has 0 atom stereocenters. The van der Waals surface area contributed by atoms with Gasteiger partial charge in [0.1, 0.15) is 0 Å². The molecule has 2 aromatic heterocycles. The largest absolute Gasteiger partial charge is 0.493 e. The van der Waals surface area contributed by atoms with Gasteiger partial charge in [-0.2, -0.15) is 5.10 Å². The van der Waals surface area contributed by atoms with Crippen LogP contribution in [0.3, 0.4) is 0 Å². The second-order valence-electron chi connectivity index (χ2n) is 11.4. The van der Waals surface area contributed by atoms with Crippen molar-refractivity contribution in [2.24, 2.45) is 5.92 Å². The zero-order chi connectivity index (χ0) is 29.1. The minimum atomic E-state index is -0.223. The highest BCUT2D eigenvalue weighted by molar-refractivity contribution is 5.93. The third-order valence-electron chi connectivity index (χ3n) is 9.02. The summed E-state index contributed by atoms with van der Waals surface area (Å²) in [4.78, 5) is 35.5. The summed E-state index contributed by atoms with van der Waals surface area (Å²) in [6.45, 7) is 5.30. The third-order valence-corrected chi connectivity index (χ3v) is 9.02. The number of amides is 2. The fourth-order valence-electron chi connectivity index (χ4n) is 6.62. The first-order valence-corrected chi connectivity index (χ1v) is 15.0. The lowest BCUT2D eigenvalue weighted by Crippen LogP contribution is -2.51. The molecule has 0 spiro atoms. The zero-order valence-corrected chi connectivity index (χ0v) is 24.5. The van der Waals surface area contributed by atoms with Crippen molar-refractivity contribution in [1.29, 1.82) is 0 Å². The topological polar surface area (TPSA) is 111 Å². The maximum Gasteiger partial charge on any atom is 0.272 e. The van der Waals surface area contributed by atoms with Crippen LogP contribution in [0.2, 0.25) is 0 Å². The molecule has 3 aromatic rings. The normalized spacial score (nSPS) is 22.2. The Morgan fingerprint density at radius 1 is 0.905 bits per heavy atom. The standard InChI is InChI=1S/C31H40N6O5/c1-40-27-8-5-22(19-28(27)41-2)26-9-12-32-29-20-25(34-37(26)29)30(38)33-23-6-3-21(4-7-23)31(39)36-13-10-24(11-14-36)35-15-17-42-18-16-35/h5,8-9,12,19-21,23-24H,3-4,6-7,10-11,13-18H2,1-2H3,(H,33,38). The average molecular weight is 577 g/mol. The van der Waals surface area contributed by atoms with Crippen LogP contribution in [0.5, 0.6) is 11.5 Å². The van der Waals surface area contributed by atoms with Gasteiger partial charge in [0.15, 0.2) is 22.8 Å². The van der Waals surface area contributed by atoms with Crippen molar-refractivity contribution in [2.75, 3.05) is 53.6 Å². The number of fused-ring (bicyclic) bond motifs is 1. The lowest BCUT2D eigenvalue weighted by molar-refractivity contribution is -0.138. The van der Waals surface area contributed by atoms with E-state index in [0.717, 1.165) is 89.2 Å². The average Bonchev–Trinajstić information content (AvgIpc) is 3.50. The highest BCUT2D eigenvalue weighted by Crippen LogP contribution is 2.32. The van der Waals surface area contributed by atoms with E-state index in [1.165, 1.54) is 0 Å². The van der Waals surface area contributed by atoms with Gasteiger partial charge in [-0.25, -0.2) is 9.50 Å². The van der Waals surface area contributed by atoms with Gasteiger partial charge in [0.25, 0.3) is 5.91 Å². The molecule has 0 bridgehead atoms. The summed E-state index contributed by atoms with van der Waals surface area (Å²) in [5.74, 6) is 1.35. The molecular weight excluding hydrogens is 536 g/mol. The summed E-state index contributed by atoms with van der Waals surface area (Å²) in [6.07, 6.45) is 6.95. The summed E-state index contributed by atoms with van der Waals surface area (Å²) in [5.41, 5.74) is 2.55. The molecule has 2 saturated heterocycles. The first-order chi connectivity index (χ1) is 20.5. The second kappa shape index (κ2) is 12.7. The monoisotopic (exact) mass is 576 g/mol. The van der Waals surface area contributed by atoms with Crippen molar-refractivity contribution in [2.45, 2.75) is 50.6 Å². The smallest absolute Gasteiger partial charge is 0.272 e. The van der Waals surface area contributed by atoms with Crippen LogP contribution in [0.25, 0.3) is 16.9 Å². The number of hydrogen-bond acceptors (Lipinski definition) is 8. The van der Waals surface area contributed by atoms with Gasteiger partial charge in [-0.15, -0.1) is 0 Å². The fraction of sp³-hybridized carbons (Fsp3) is 0.548. The molecule has 6 rings (SSSR count). The fourth-order valence-corrected chi connectivity index (χ4v) is 6.62. The van der Waals surface area contributed by atoms with E-state index in [-0.39, 0.29) is 23.8 Å². The SMILES string of the molecule is COc1ccc(-c2ccnc3cc(C(=O)NC4CCC(C(=O)N5CCC(N6CCOCC6)CC5)CC4)nn23)cc1OC. The molecule has 11 heteroatoms. The number of carbonyl (C=O) groups excluding carboxylic acids is 2. The molecule has 42 heavy (non-hydrogen) atoms. The number of ether oxygens (including phenoxy) is 3. The second-order valence-corrected chi connectivity index (χ2v) is 11.4. The van der Waals surface area contributed by atoms with Crippen LogP contribution in [-0.4, -0.2) is 102 Å². The molecule has 1 N–H and O–H groups in total. The Hall–Kier alpha value is -3.70.